The fourth-order valence-corrected chi connectivity index (χ4v) is 5.00. The number of carbonyl (C=O) groups is 3. The predicted molar refractivity (Wildman–Crippen MR) is 125 cm³/mol. The van der Waals surface area contributed by atoms with Crippen LogP contribution in [-0.4, -0.2) is 53.5 Å². The average Bonchev–Trinajstić information content (AvgIpc) is 3.16. The van der Waals surface area contributed by atoms with E-state index in [9.17, 15) is 19.5 Å². The largest absolute Gasteiger partial charge is 0.479 e. The van der Waals surface area contributed by atoms with Gasteiger partial charge in [-0.2, -0.15) is 0 Å². The highest BCUT2D eigenvalue weighted by atomic mass is 16.5. The molecule has 2 aliphatic rings. The zero-order valence-corrected chi connectivity index (χ0v) is 18.9. The van der Waals surface area contributed by atoms with Crippen LogP contribution in [0.25, 0.3) is 11.1 Å². The van der Waals surface area contributed by atoms with Crippen molar-refractivity contribution in [2.75, 3.05) is 13.2 Å². The molecule has 8 heteroatoms. The Morgan fingerprint density at radius 3 is 2.24 bits per heavy atom. The van der Waals surface area contributed by atoms with Crippen molar-refractivity contribution < 1.29 is 29.3 Å². The molecule has 1 unspecified atom stereocenters. The summed E-state index contributed by atoms with van der Waals surface area (Å²) in [4.78, 5) is 36.0. The summed E-state index contributed by atoms with van der Waals surface area (Å²) in [6.45, 7) is 0.261. The molecule has 0 bridgehead atoms. The van der Waals surface area contributed by atoms with Crippen LogP contribution in [0.15, 0.2) is 48.5 Å². The number of alkyl carbamates (subject to hydrolysis) is 1. The van der Waals surface area contributed by atoms with E-state index in [0.29, 0.717) is 12.8 Å². The van der Waals surface area contributed by atoms with E-state index in [2.05, 4.69) is 34.9 Å². The van der Waals surface area contributed by atoms with Gasteiger partial charge in [-0.05, 0) is 35.1 Å². The fourth-order valence-electron chi connectivity index (χ4n) is 5.00. The number of fused-ring (bicyclic) bond motifs is 3. The number of hydrogen-bond acceptors (Lipinski definition) is 5. The van der Waals surface area contributed by atoms with Crippen molar-refractivity contribution in [3.63, 3.8) is 0 Å². The monoisotopic (exact) mass is 466 g/mol. The zero-order valence-electron chi connectivity index (χ0n) is 18.9. The summed E-state index contributed by atoms with van der Waals surface area (Å²) in [6, 6.07) is 15.9. The number of carboxylic acids is 1. The summed E-state index contributed by atoms with van der Waals surface area (Å²) in [5, 5.41) is 23.7. The molecule has 1 fully saturated rings. The van der Waals surface area contributed by atoms with E-state index >= 15 is 0 Å². The Labute approximate surface area is 198 Å². The van der Waals surface area contributed by atoms with Crippen LogP contribution < -0.4 is 10.6 Å². The Bertz CT molecular complexity index is 1010. The van der Waals surface area contributed by atoms with E-state index in [0.717, 1.165) is 35.1 Å². The van der Waals surface area contributed by atoms with Gasteiger partial charge in [-0.3, -0.25) is 4.79 Å². The molecule has 0 saturated heterocycles. The van der Waals surface area contributed by atoms with Gasteiger partial charge in [0, 0.05) is 24.9 Å². The number of carbonyl (C=O) groups excluding carboxylic acids is 2. The second-order valence-corrected chi connectivity index (χ2v) is 8.90. The van der Waals surface area contributed by atoms with Gasteiger partial charge in [-0.15, -0.1) is 0 Å². The second-order valence-electron chi connectivity index (χ2n) is 8.90. The van der Waals surface area contributed by atoms with Crippen LogP contribution in [0.2, 0.25) is 0 Å². The summed E-state index contributed by atoms with van der Waals surface area (Å²) < 4.78 is 5.63. The van der Waals surface area contributed by atoms with Crippen LogP contribution in [0.3, 0.4) is 0 Å². The lowest BCUT2D eigenvalue weighted by atomic mass is 9.84. The lowest BCUT2D eigenvalue weighted by molar-refractivity contribution is -0.147. The predicted octanol–water partition coefficient (Wildman–Crippen LogP) is 3.04. The van der Waals surface area contributed by atoms with Crippen LogP contribution in [0, 0.1) is 5.92 Å². The number of nitrogens with one attached hydrogen (secondary N) is 2. The number of carboxylic acid groups (broad SMARTS) is 1. The molecular weight excluding hydrogens is 436 g/mol. The quantitative estimate of drug-likeness (QED) is 0.474. The van der Waals surface area contributed by atoms with Gasteiger partial charge in [0.05, 0.1) is 5.92 Å². The van der Waals surface area contributed by atoms with Gasteiger partial charge < -0.3 is 25.6 Å². The summed E-state index contributed by atoms with van der Waals surface area (Å²) >= 11 is 0. The Morgan fingerprint density at radius 1 is 0.971 bits per heavy atom. The highest BCUT2D eigenvalue weighted by Crippen LogP contribution is 2.44. The van der Waals surface area contributed by atoms with Crippen molar-refractivity contribution in [1.29, 1.82) is 0 Å². The van der Waals surface area contributed by atoms with Crippen molar-refractivity contribution >= 4 is 18.0 Å². The standard InChI is InChI=1S/C26H30N2O6/c29-23(25(31)32)13-14-27-24(30)20-11-5-6-12-22(20)28-26(33)34-15-21-18-9-3-1-7-16(18)17-8-2-4-10-19(17)21/h1-4,7-10,20-23,29H,5-6,11-15H2,(H,27,30)(H,28,33)(H,31,32)/t20-,22+,23?/m1/s1. The molecular formula is C26H30N2O6. The van der Waals surface area contributed by atoms with E-state index in [1.807, 2.05) is 24.3 Å². The first-order chi connectivity index (χ1) is 16.5. The van der Waals surface area contributed by atoms with E-state index < -0.39 is 24.1 Å². The molecule has 4 rings (SSSR count). The molecule has 2 aromatic rings. The molecule has 2 aliphatic carbocycles. The molecule has 0 aliphatic heterocycles. The summed E-state index contributed by atoms with van der Waals surface area (Å²) in [7, 11) is 0. The number of aliphatic carboxylic acids is 1. The number of hydrogen-bond donors (Lipinski definition) is 4. The molecule has 2 aromatic carbocycles. The lowest BCUT2D eigenvalue weighted by Crippen LogP contribution is -2.49. The van der Waals surface area contributed by atoms with Crippen molar-refractivity contribution in [2.24, 2.45) is 5.92 Å². The van der Waals surface area contributed by atoms with E-state index in [-0.39, 0.29) is 37.4 Å². The summed E-state index contributed by atoms with van der Waals surface area (Å²) in [5.74, 6) is -2.02. The maximum atomic E-state index is 12.7. The zero-order chi connectivity index (χ0) is 24.1. The lowest BCUT2D eigenvalue weighted by Gasteiger charge is -2.31. The maximum Gasteiger partial charge on any atom is 0.407 e. The average molecular weight is 467 g/mol. The Balaban J connectivity index is 1.33. The highest BCUT2D eigenvalue weighted by molar-refractivity contribution is 5.81. The van der Waals surface area contributed by atoms with Crippen molar-refractivity contribution in [1.82, 2.24) is 10.6 Å². The molecule has 8 nitrogen and oxygen atoms in total. The van der Waals surface area contributed by atoms with Gasteiger partial charge in [-0.1, -0.05) is 61.4 Å². The first-order valence-electron chi connectivity index (χ1n) is 11.8. The van der Waals surface area contributed by atoms with Crippen molar-refractivity contribution in [3.05, 3.63) is 59.7 Å². The minimum Gasteiger partial charge on any atom is -0.479 e. The van der Waals surface area contributed by atoms with Gasteiger partial charge in [0.2, 0.25) is 5.91 Å². The molecule has 0 spiro atoms. The smallest absolute Gasteiger partial charge is 0.407 e. The van der Waals surface area contributed by atoms with Crippen LogP contribution >= 0.6 is 0 Å². The molecule has 0 aromatic heterocycles. The Morgan fingerprint density at radius 2 is 1.59 bits per heavy atom. The van der Waals surface area contributed by atoms with Gasteiger partial charge >= 0.3 is 12.1 Å². The van der Waals surface area contributed by atoms with Crippen molar-refractivity contribution in [2.45, 2.75) is 50.2 Å². The van der Waals surface area contributed by atoms with Gasteiger partial charge in [-0.25, -0.2) is 9.59 Å². The molecule has 4 N–H and O–H groups in total. The van der Waals surface area contributed by atoms with E-state index in [4.69, 9.17) is 9.84 Å². The first-order valence-corrected chi connectivity index (χ1v) is 11.8. The third-order valence-corrected chi connectivity index (χ3v) is 6.75. The van der Waals surface area contributed by atoms with Crippen LogP contribution in [0.4, 0.5) is 4.79 Å². The minimum atomic E-state index is -1.51. The number of amides is 2. The Kier molecular flexibility index (Phi) is 7.47. The number of ether oxygens (including phenoxy) is 1. The number of aliphatic hydroxyl groups is 1. The molecule has 0 heterocycles. The maximum absolute atomic E-state index is 12.7. The number of aliphatic hydroxyl groups excluding tert-OH is 1. The molecule has 1 saturated carbocycles. The highest BCUT2D eigenvalue weighted by Gasteiger charge is 2.33. The third-order valence-electron chi connectivity index (χ3n) is 6.75. The number of benzene rings is 2. The summed E-state index contributed by atoms with van der Waals surface area (Å²) in [5.41, 5.74) is 4.58. The topological polar surface area (TPSA) is 125 Å². The molecule has 2 amide bonds. The normalized spacial score (nSPS) is 20.0. The van der Waals surface area contributed by atoms with Gasteiger partial charge in [0.1, 0.15) is 6.61 Å². The van der Waals surface area contributed by atoms with E-state index in [1.54, 1.807) is 0 Å². The molecule has 34 heavy (non-hydrogen) atoms. The van der Waals surface area contributed by atoms with Crippen molar-refractivity contribution in [3.8, 4) is 11.1 Å². The van der Waals surface area contributed by atoms with Gasteiger partial charge in [0.25, 0.3) is 0 Å². The second kappa shape index (κ2) is 10.7. The third kappa shape index (κ3) is 5.22. The Hall–Kier alpha value is -3.39. The van der Waals surface area contributed by atoms with Crippen LogP contribution in [0.5, 0.6) is 0 Å². The molecule has 0 radical (unpaired) electrons. The number of rotatable bonds is 8. The summed E-state index contributed by atoms with van der Waals surface area (Å²) in [6.07, 6.45) is 0.934. The molecule has 180 valence electrons. The van der Waals surface area contributed by atoms with Crippen LogP contribution in [0.1, 0.15) is 49.1 Å². The first kappa shape index (κ1) is 23.8. The van der Waals surface area contributed by atoms with Crippen LogP contribution in [-0.2, 0) is 14.3 Å². The molecule has 3 atom stereocenters. The SMILES string of the molecule is O=C(N[C@H]1CCCC[C@H]1C(=O)NCCC(O)C(=O)O)OCC1c2ccccc2-c2ccccc21. The fraction of sp³-hybridized carbons (Fsp3) is 0.423. The van der Waals surface area contributed by atoms with Gasteiger partial charge in [0.15, 0.2) is 6.10 Å². The van der Waals surface area contributed by atoms with E-state index in [1.165, 1.54) is 0 Å². The minimum absolute atomic E-state index is 0.0377.